The third-order valence-corrected chi connectivity index (χ3v) is 8.12. The zero-order valence-electron chi connectivity index (χ0n) is 21.7. The number of nitrogens with one attached hydrogen (secondary N) is 1. The fourth-order valence-corrected chi connectivity index (χ4v) is 5.36. The van der Waals surface area contributed by atoms with Gasteiger partial charge in [0.05, 0.1) is 11.9 Å². The summed E-state index contributed by atoms with van der Waals surface area (Å²) in [7, 11) is -3.62. The number of hydrogen-bond donors (Lipinski definition) is 1. The van der Waals surface area contributed by atoms with E-state index in [1.807, 2.05) is 13.8 Å². The van der Waals surface area contributed by atoms with E-state index in [0.29, 0.717) is 26.3 Å². The van der Waals surface area contributed by atoms with Gasteiger partial charge in [0.25, 0.3) is 0 Å². The van der Waals surface area contributed by atoms with Crippen LogP contribution in [0.4, 0.5) is 5.69 Å². The number of amides is 2. The molecule has 2 rings (SSSR count). The Morgan fingerprint density at radius 2 is 1.65 bits per heavy atom. The summed E-state index contributed by atoms with van der Waals surface area (Å²) in [5.74, 6) is -0.575. The molecule has 0 bridgehead atoms. The minimum absolute atomic E-state index is 0.0256. The SMILES string of the molecule is CC[C@@H](C)NC(=O)[C@@H](C)N(Cc1ccc(Cl)cc1Cl)C(=O)CCCN(c1cc(Cl)ccc1C)S(C)(=O)=O. The van der Waals surface area contributed by atoms with Crippen LogP contribution in [0, 0.1) is 6.92 Å². The van der Waals surface area contributed by atoms with Gasteiger partial charge < -0.3 is 10.2 Å². The van der Waals surface area contributed by atoms with Crippen LogP contribution in [0.25, 0.3) is 0 Å². The van der Waals surface area contributed by atoms with Crippen molar-refractivity contribution in [3.63, 3.8) is 0 Å². The fourth-order valence-electron chi connectivity index (χ4n) is 3.72. The minimum atomic E-state index is -3.62. The smallest absolute Gasteiger partial charge is 0.242 e. The molecule has 2 aromatic rings. The first-order chi connectivity index (χ1) is 17.2. The Bertz CT molecular complexity index is 1220. The highest BCUT2D eigenvalue weighted by Crippen LogP contribution is 2.27. The number of benzene rings is 2. The molecule has 0 aliphatic rings. The summed E-state index contributed by atoms with van der Waals surface area (Å²) in [5, 5.41) is 4.18. The largest absolute Gasteiger partial charge is 0.352 e. The number of carbonyl (C=O) groups excluding carboxylic acids is 2. The number of anilines is 1. The van der Waals surface area contributed by atoms with Crippen LogP contribution in [-0.4, -0.2) is 50.0 Å². The van der Waals surface area contributed by atoms with E-state index in [0.717, 1.165) is 18.2 Å². The number of aryl methyl sites for hydroxylation is 1. The third-order valence-electron chi connectivity index (χ3n) is 6.12. The Morgan fingerprint density at radius 3 is 2.24 bits per heavy atom. The molecule has 0 radical (unpaired) electrons. The van der Waals surface area contributed by atoms with E-state index in [1.165, 1.54) is 9.21 Å². The summed E-state index contributed by atoms with van der Waals surface area (Å²) < 4.78 is 26.3. The highest BCUT2D eigenvalue weighted by atomic mass is 35.5. The highest BCUT2D eigenvalue weighted by Gasteiger charge is 2.28. The molecule has 0 saturated heterocycles. The third kappa shape index (κ3) is 9.06. The van der Waals surface area contributed by atoms with Crippen LogP contribution < -0.4 is 9.62 Å². The van der Waals surface area contributed by atoms with E-state index in [2.05, 4.69) is 5.32 Å². The molecule has 2 atom stereocenters. The lowest BCUT2D eigenvalue weighted by molar-refractivity contribution is -0.140. The van der Waals surface area contributed by atoms with Crippen LogP contribution in [0.1, 0.15) is 51.2 Å². The van der Waals surface area contributed by atoms with Crippen molar-refractivity contribution in [1.82, 2.24) is 10.2 Å². The molecule has 37 heavy (non-hydrogen) atoms. The van der Waals surface area contributed by atoms with E-state index in [-0.39, 0.29) is 43.8 Å². The van der Waals surface area contributed by atoms with Crippen molar-refractivity contribution in [2.45, 2.75) is 65.6 Å². The van der Waals surface area contributed by atoms with Crippen LogP contribution in [0.3, 0.4) is 0 Å². The average molecular weight is 591 g/mol. The van der Waals surface area contributed by atoms with Gasteiger partial charge >= 0.3 is 0 Å². The molecule has 2 amide bonds. The highest BCUT2D eigenvalue weighted by molar-refractivity contribution is 7.92. The Morgan fingerprint density at radius 1 is 1.03 bits per heavy atom. The molecule has 0 aromatic heterocycles. The van der Waals surface area contributed by atoms with Gasteiger partial charge in [0.15, 0.2) is 0 Å². The Hall–Kier alpha value is -2.00. The van der Waals surface area contributed by atoms with E-state index < -0.39 is 16.1 Å². The molecule has 0 spiro atoms. The lowest BCUT2D eigenvalue weighted by Crippen LogP contribution is -2.49. The van der Waals surface area contributed by atoms with Crippen molar-refractivity contribution in [3.8, 4) is 0 Å². The van der Waals surface area contributed by atoms with E-state index in [4.69, 9.17) is 34.8 Å². The van der Waals surface area contributed by atoms with Gasteiger partial charge in [-0.1, -0.05) is 53.9 Å². The van der Waals surface area contributed by atoms with Gasteiger partial charge in [-0.2, -0.15) is 0 Å². The molecule has 0 aliphatic heterocycles. The molecule has 204 valence electrons. The summed E-state index contributed by atoms with van der Waals surface area (Å²) in [6, 6.07) is 9.19. The normalized spacial score (nSPS) is 13.1. The van der Waals surface area contributed by atoms with Gasteiger partial charge in [-0.05, 0) is 69.0 Å². The van der Waals surface area contributed by atoms with Crippen LogP contribution in [0.5, 0.6) is 0 Å². The van der Waals surface area contributed by atoms with Crippen molar-refractivity contribution < 1.29 is 18.0 Å². The molecule has 0 fully saturated rings. The molecule has 7 nitrogen and oxygen atoms in total. The van der Waals surface area contributed by atoms with E-state index >= 15 is 0 Å². The molecule has 11 heteroatoms. The van der Waals surface area contributed by atoms with Crippen molar-refractivity contribution in [3.05, 3.63) is 62.6 Å². The number of sulfonamides is 1. The second-order valence-electron chi connectivity index (χ2n) is 9.12. The maximum atomic E-state index is 13.4. The van der Waals surface area contributed by atoms with Crippen LogP contribution in [0.2, 0.25) is 15.1 Å². The van der Waals surface area contributed by atoms with Gasteiger partial charge in [-0.15, -0.1) is 0 Å². The quantitative estimate of drug-likeness (QED) is 0.337. The summed E-state index contributed by atoms with van der Waals surface area (Å²) in [6.07, 6.45) is 2.13. The lowest BCUT2D eigenvalue weighted by Gasteiger charge is -2.30. The van der Waals surface area contributed by atoms with Gasteiger partial charge in [0.2, 0.25) is 21.8 Å². The summed E-state index contributed by atoms with van der Waals surface area (Å²) >= 11 is 18.5. The maximum Gasteiger partial charge on any atom is 0.242 e. The molecular formula is C26H34Cl3N3O4S. The molecule has 1 N–H and O–H groups in total. The number of hydrogen-bond acceptors (Lipinski definition) is 4. The predicted molar refractivity (Wildman–Crippen MR) is 152 cm³/mol. The number of halogens is 3. The van der Waals surface area contributed by atoms with E-state index in [1.54, 1.807) is 50.2 Å². The molecule has 0 saturated carbocycles. The van der Waals surface area contributed by atoms with Crippen LogP contribution >= 0.6 is 34.8 Å². The minimum Gasteiger partial charge on any atom is -0.352 e. The predicted octanol–water partition coefficient (Wildman–Crippen LogP) is 5.83. The van der Waals surface area contributed by atoms with Crippen LogP contribution in [-0.2, 0) is 26.2 Å². The van der Waals surface area contributed by atoms with Crippen molar-refractivity contribution in [2.75, 3.05) is 17.1 Å². The molecule has 0 unspecified atom stereocenters. The standard InChI is InChI=1S/C26H34Cl3N3O4S/c1-6-18(3)30-26(34)19(4)31(16-20-10-12-21(27)14-23(20)29)25(33)8-7-13-32(37(5,35)36)24-15-22(28)11-9-17(24)2/h9-12,14-15,18-19H,6-8,13,16H2,1-5H3,(H,30,34)/t18-,19-/m1/s1. The summed E-state index contributed by atoms with van der Waals surface area (Å²) in [4.78, 5) is 27.8. The van der Waals surface area contributed by atoms with Gasteiger partial charge in [-0.3, -0.25) is 13.9 Å². The summed E-state index contributed by atoms with van der Waals surface area (Å²) in [6.45, 7) is 7.50. The van der Waals surface area contributed by atoms with Crippen molar-refractivity contribution in [2.24, 2.45) is 0 Å². The molecular weight excluding hydrogens is 557 g/mol. The second-order valence-corrected chi connectivity index (χ2v) is 12.3. The zero-order chi connectivity index (χ0) is 27.9. The topological polar surface area (TPSA) is 86.8 Å². The average Bonchev–Trinajstić information content (AvgIpc) is 2.81. The fraction of sp³-hybridized carbons (Fsp3) is 0.462. The van der Waals surface area contributed by atoms with Crippen LogP contribution in [0.15, 0.2) is 36.4 Å². The molecule has 2 aromatic carbocycles. The maximum absolute atomic E-state index is 13.4. The van der Waals surface area contributed by atoms with Gasteiger partial charge in [-0.25, -0.2) is 8.42 Å². The zero-order valence-corrected chi connectivity index (χ0v) is 24.8. The first-order valence-corrected chi connectivity index (χ1v) is 15.0. The first-order valence-electron chi connectivity index (χ1n) is 12.0. The number of carbonyl (C=O) groups is 2. The Kier molecular flexibility index (Phi) is 11.6. The number of rotatable bonds is 12. The van der Waals surface area contributed by atoms with Gasteiger partial charge in [0.1, 0.15) is 6.04 Å². The Balaban J connectivity index is 2.24. The first kappa shape index (κ1) is 31.2. The molecule has 0 heterocycles. The van der Waals surface area contributed by atoms with Crippen molar-refractivity contribution in [1.29, 1.82) is 0 Å². The molecule has 0 aliphatic carbocycles. The number of nitrogens with zero attached hydrogens (tertiary/aromatic N) is 2. The lowest BCUT2D eigenvalue weighted by atomic mass is 10.1. The van der Waals surface area contributed by atoms with Gasteiger partial charge in [0, 0.05) is 40.6 Å². The second kappa shape index (κ2) is 13.7. The monoisotopic (exact) mass is 589 g/mol. The summed E-state index contributed by atoms with van der Waals surface area (Å²) in [5.41, 5.74) is 1.86. The Labute approximate surface area is 235 Å². The van der Waals surface area contributed by atoms with Crippen molar-refractivity contribution >= 4 is 62.3 Å². The van der Waals surface area contributed by atoms with E-state index in [9.17, 15) is 18.0 Å².